The molecule has 4 nitrogen and oxygen atoms in total. The van der Waals surface area contributed by atoms with Gasteiger partial charge in [0, 0.05) is 32.5 Å². The summed E-state index contributed by atoms with van der Waals surface area (Å²) >= 11 is 0. The lowest BCUT2D eigenvalue weighted by Gasteiger charge is -2.29. The summed E-state index contributed by atoms with van der Waals surface area (Å²) in [6.07, 6.45) is 2.27. The molecule has 0 spiro atoms. The third-order valence-corrected chi connectivity index (χ3v) is 4.53. The highest BCUT2D eigenvalue weighted by Gasteiger charge is 2.33. The van der Waals surface area contributed by atoms with Crippen molar-refractivity contribution in [3.63, 3.8) is 0 Å². The Hall–Kier alpha value is -0.900. The fourth-order valence-electron chi connectivity index (χ4n) is 2.98. The Labute approximate surface area is 116 Å². The first-order chi connectivity index (χ1) is 8.86. The fourth-order valence-corrected chi connectivity index (χ4v) is 2.98. The van der Waals surface area contributed by atoms with Crippen molar-refractivity contribution in [3.8, 4) is 0 Å². The molecule has 19 heavy (non-hydrogen) atoms. The van der Waals surface area contributed by atoms with Gasteiger partial charge in [0.2, 0.25) is 5.91 Å². The van der Waals surface area contributed by atoms with Crippen LogP contribution in [-0.2, 0) is 9.59 Å². The topological polar surface area (TPSA) is 40.6 Å². The first kappa shape index (κ1) is 14.5. The summed E-state index contributed by atoms with van der Waals surface area (Å²) in [4.78, 5) is 27.5. The Morgan fingerprint density at radius 2 is 1.84 bits per heavy atom. The maximum Gasteiger partial charge on any atom is 0.236 e. The van der Waals surface area contributed by atoms with E-state index < -0.39 is 0 Å². The number of hydrogen-bond donors (Lipinski definition) is 0. The van der Waals surface area contributed by atoms with Gasteiger partial charge in [-0.3, -0.25) is 14.5 Å². The molecule has 0 aromatic heterocycles. The van der Waals surface area contributed by atoms with Crippen LogP contribution in [0.15, 0.2) is 0 Å². The minimum atomic E-state index is 0.196. The summed E-state index contributed by atoms with van der Waals surface area (Å²) in [5.41, 5.74) is 0.329. The van der Waals surface area contributed by atoms with E-state index in [0.717, 1.165) is 13.1 Å². The second kappa shape index (κ2) is 5.61. The van der Waals surface area contributed by atoms with Gasteiger partial charge in [0.1, 0.15) is 5.78 Å². The third-order valence-electron chi connectivity index (χ3n) is 4.53. The SMILES string of the molecule is CC(C)(C)C1CCN(CC(=O)N2CCC(=O)CC2)C1. The van der Waals surface area contributed by atoms with Crippen LogP contribution in [0.2, 0.25) is 0 Å². The molecule has 2 aliphatic rings. The Kier molecular flexibility index (Phi) is 4.29. The molecule has 0 bridgehead atoms. The van der Waals surface area contributed by atoms with Gasteiger partial charge in [0.25, 0.3) is 0 Å². The van der Waals surface area contributed by atoms with E-state index in [1.807, 2.05) is 4.90 Å². The highest BCUT2D eigenvalue weighted by atomic mass is 16.2. The van der Waals surface area contributed by atoms with E-state index in [4.69, 9.17) is 0 Å². The zero-order chi connectivity index (χ0) is 14.0. The van der Waals surface area contributed by atoms with Gasteiger partial charge in [-0.05, 0) is 24.3 Å². The van der Waals surface area contributed by atoms with Crippen LogP contribution in [0.5, 0.6) is 0 Å². The lowest BCUT2D eigenvalue weighted by molar-refractivity contribution is -0.135. The van der Waals surface area contributed by atoms with Gasteiger partial charge in [0.15, 0.2) is 0 Å². The van der Waals surface area contributed by atoms with Crippen LogP contribution in [0.1, 0.15) is 40.0 Å². The predicted octanol–water partition coefficient (Wildman–Crippen LogP) is 1.55. The molecule has 2 heterocycles. The highest BCUT2D eigenvalue weighted by Crippen LogP contribution is 2.33. The lowest BCUT2D eigenvalue weighted by Crippen LogP contribution is -2.44. The van der Waals surface area contributed by atoms with Crippen molar-refractivity contribution in [3.05, 3.63) is 0 Å². The zero-order valence-electron chi connectivity index (χ0n) is 12.4. The molecule has 1 atom stereocenters. The maximum atomic E-state index is 12.2. The predicted molar refractivity (Wildman–Crippen MR) is 74.8 cm³/mol. The van der Waals surface area contributed by atoms with Gasteiger partial charge in [-0.25, -0.2) is 0 Å². The second-order valence-corrected chi connectivity index (χ2v) is 7.01. The van der Waals surface area contributed by atoms with E-state index in [1.54, 1.807) is 0 Å². The molecule has 0 aromatic carbocycles. The van der Waals surface area contributed by atoms with Crippen molar-refractivity contribution in [2.24, 2.45) is 11.3 Å². The van der Waals surface area contributed by atoms with Crippen LogP contribution in [0.3, 0.4) is 0 Å². The van der Waals surface area contributed by atoms with Crippen molar-refractivity contribution < 1.29 is 9.59 Å². The van der Waals surface area contributed by atoms with Crippen LogP contribution < -0.4 is 0 Å². The van der Waals surface area contributed by atoms with E-state index >= 15 is 0 Å². The molecule has 2 rings (SSSR count). The molecule has 108 valence electrons. The fraction of sp³-hybridized carbons (Fsp3) is 0.867. The second-order valence-electron chi connectivity index (χ2n) is 7.01. The summed E-state index contributed by atoms with van der Waals surface area (Å²) in [6.45, 7) is 10.7. The maximum absolute atomic E-state index is 12.2. The number of amides is 1. The lowest BCUT2D eigenvalue weighted by atomic mass is 9.80. The Morgan fingerprint density at radius 1 is 1.21 bits per heavy atom. The molecule has 0 aromatic rings. The zero-order valence-corrected chi connectivity index (χ0v) is 12.4. The quantitative estimate of drug-likeness (QED) is 0.761. The monoisotopic (exact) mass is 266 g/mol. The number of piperidine rings is 1. The minimum absolute atomic E-state index is 0.196. The van der Waals surface area contributed by atoms with E-state index in [9.17, 15) is 9.59 Å². The number of Topliss-reactive ketones (excluding diaryl/α,β-unsaturated/α-hetero) is 1. The minimum Gasteiger partial charge on any atom is -0.341 e. The summed E-state index contributed by atoms with van der Waals surface area (Å²) < 4.78 is 0. The van der Waals surface area contributed by atoms with Crippen molar-refractivity contribution in [1.29, 1.82) is 0 Å². The van der Waals surface area contributed by atoms with Crippen molar-refractivity contribution in [2.75, 3.05) is 32.7 Å². The number of likely N-dealkylation sites (tertiary alicyclic amines) is 2. The standard InChI is InChI=1S/C15H26N2O2/c1-15(2,3)12-4-7-16(10-12)11-14(19)17-8-5-13(18)6-9-17/h12H,4-11H2,1-3H3. The van der Waals surface area contributed by atoms with E-state index in [2.05, 4.69) is 25.7 Å². The van der Waals surface area contributed by atoms with E-state index in [-0.39, 0.29) is 11.7 Å². The van der Waals surface area contributed by atoms with E-state index in [1.165, 1.54) is 6.42 Å². The first-order valence-electron chi connectivity index (χ1n) is 7.38. The largest absolute Gasteiger partial charge is 0.341 e. The molecule has 2 saturated heterocycles. The van der Waals surface area contributed by atoms with Crippen LogP contribution in [0, 0.1) is 11.3 Å². The molecule has 0 aliphatic carbocycles. The van der Waals surface area contributed by atoms with Gasteiger partial charge in [-0.2, -0.15) is 0 Å². The third kappa shape index (κ3) is 3.78. The molecule has 4 heteroatoms. The molecule has 0 radical (unpaired) electrons. The summed E-state index contributed by atoms with van der Waals surface area (Å²) in [6, 6.07) is 0. The molecular weight excluding hydrogens is 240 g/mol. The van der Waals surface area contributed by atoms with E-state index in [0.29, 0.717) is 43.8 Å². The van der Waals surface area contributed by atoms with Gasteiger partial charge in [-0.15, -0.1) is 0 Å². The first-order valence-corrected chi connectivity index (χ1v) is 7.38. The molecule has 1 amide bonds. The van der Waals surface area contributed by atoms with Crippen LogP contribution >= 0.6 is 0 Å². The van der Waals surface area contributed by atoms with Crippen molar-refractivity contribution in [1.82, 2.24) is 9.80 Å². The average molecular weight is 266 g/mol. The van der Waals surface area contributed by atoms with Gasteiger partial charge < -0.3 is 4.90 Å². The smallest absolute Gasteiger partial charge is 0.236 e. The summed E-state index contributed by atoms with van der Waals surface area (Å²) in [5.74, 6) is 1.17. The number of nitrogens with zero attached hydrogens (tertiary/aromatic N) is 2. The van der Waals surface area contributed by atoms with Crippen LogP contribution in [0.4, 0.5) is 0 Å². The Balaban J connectivity index is 1.79. The highest BCUT2D eigenvalue weighted by molar-refractivity contribution is 5.84. The van der Waals surface area contributed by atoms with Crippen LogP contribution in [-0.4, -0.2) is 54.2 Å². The number of carbonyl (C=O) groups excluding carboxylic acids is 2. The Bertz CT molecular complexity index is 350. The molecule has 2 aliphatic heterocycles. The van der Waals surface area contributed by atoms with Crippen LogP contribution in [0.25, 0.3) is 0 Å². The van der Waals surface area contributed by atoms with Crippen molar-refractivity contribution in [2.45, 2.75) is 40.0 Å². The molecule has 0 saturated carbocycles. The molecule has 1 unspecified atom stereocenters. The normalized spacial score (nSPS) is 25.9. The number of rotatable bonds is 2. The average Bonchev–Trinajstić information content (AvgIpc) is 2.78. The number of hydrogen-bond acceptors (Lipinski definition) is 3. The van der Waals surface area contributed by atoms with Crippen molar-refractivity contribution >= 4 is 11.7 Å². The summed E-state index contributed by atoms with van der Waals surface area (Å²) in [5, 5.41) is 0. The number of carbonyl (C=O) groups is 2. The number of ketones is 1. The molecule has 0 N–H and O–H groups in total. The molecular formula is C15H26N2O2. The van der Waals surface area contributed by atoms with Gasteiger partial charge in [-0.1, -0.05) is 20.8 Å². The Morgan fingerprint density at radius 3 is 2.37 bits per heavy atom. The van der Waals surface area contributed by atoms with Gasteiger partial charge >= 0.3 is 0 Å². The van der Waals surface area contributed by atoms with Gasteiger partial charge in [0.05, 0.1) is 6.54 Å². The summed E-state index contributed by atoms with van der Waals surface area (Å²) in [7, 11) is 0. The molecule has 2 fully saturated rings.